The smallest absolute Gasteiger partial charge is 0.0319 e. The minimum Gasteiger partial charge on any atom is -0.400 e. The van der Waals surface area contributed by atoms with Crippen LogP contribution in [-0.2, 0) is 20.9 Å². The first-order valence-electron chi connectivity index (χ1n) is 8.48. The Morgan fingerprint density at radius 3 is 1.19 bits per heavy atom. The second-order valence-corrected chi connectivity index (χ2v) is 7.14. The van der Waals surface area contributed by atoms with E-state index in [1.165, 1.54) is 51.4 Å². The summed E-state index contributed by atoms with van der Waals surface area (Å²) in [4.78, 5) is 0. The molecule has 2 aliphatic rings. The van der Waals surface area contributed by atoms with Gasteiger partial charge in [0.2, 0.25) is 0 Å². The third kappa shape index (κ3) is 20.5. The summed E-state index contributed by atoms with van der Waals surface area (Å²) in [6, 6.07) is 0.559. The van der Waals surface area contributed by atoms with Gasteiger partial charge in [0.05, 0.1) is 0 Å². The van der Waals surface area contributed by atoms with Crippen molar-refractivity contribution in [2.24, 2.45) is 15.2 Å². The van der Waals surface area contributed by atoms with Crippen LogP contribution in [0, 0.1) is 24.7 Å². The van der Waals surface area contributed by atoms with Crippen molar-refractivity contribution in [3.63, 3.8) is 0 Å². The molecule has 2 nitrogen and oxygen atoms in total. The second-order valence-electron chi connectivity index (χ2n) is 6.31. The molecule has 0 spiro atoms. The van der Waals surface area contributed by atoms with Gasteiger partial charge in [-0.1, -0.05) is 39.5 Å². The Hall–Kier alpha value is 0.500. The fourth-order valence-electron chi connectivity index (χ4n) is 2.19. The molecular weight excluding hydrogens is 427 g/mol. The van der Waals surface area contributed by atoms with Crippen molar-refractivity contribution in [1.29, 1.82) is 0 Å². The second kappa shape index (κ2) is 18.5. The summed E-state index contributed by atoms with van der Waals surface area (Å²) in [5.74, 6) is 2.01. The number of rotatable bonds is 1. The first kappa shape index (κ1) is 23.8. The van der Waals surface area contributed by atoms with E-state index in [0.29, 0.717) is 6.04 Å². The summed E-state index contributed by atoms with van der Waals surface area (Å²) < 4.78 is 4.00. The molecule has 0 aromatic heterocycles. The Kier molecular flexibility index (Phi) is 21.0. The van der Waals surface area contributed by atoms with Crippen LogP contribution in [0.2, 0.25) is 0 Å². The van der Waals surface area contributed by atoms with Gasteiger partial charge in [-0.2, -0.15) is 25.7 Å². The fraction of sp³-hybridized carbons (Fsp3) is 0.889. The van der Waals surface area contributed by atoms with Gasteiger partial charge in [0, 0.05) is 7.11 Å². The predicted octanol–water partition coefficient (Wildman–Crippen LogP) is 5.54. The van der Waals surface area contributed by atoms with E-state index < -0.39 is 0 Å². The van der Waals surface area contributed by atoms with E-state index in [4.69, 9.17) is 5.11 Å². The molecule has 0 amide bonds. The van der Waals surface area contributed by atoms with Gasteiger partial charge in [-0.05, 0) is 11.8 Å². The van der Waals surface area contributed by atoms with E-state index >= 15 is 0 Å². The molecule has 3 heteroatoms. The van der Waals surface area contributed by atoms with Crippen molar-refractivity contribution in [3.05, 3.63) is 12.8 Å². The van der Waals surface area contributed by atoms with Gasteiger partial charge in [-0.3, -0.25) is 0 Å². The van der Waals surface area contributed by atoms with Crippen LogP contribution in [0.5, 0.6) is 0 Å². The van der Waals surface area contributed by atoms with E-state index in [0.717, 1.165) is 39.8 Å². The van der Waals surface area contributed by atoms with Gasteiger partial charge < -0.3 is 17.9 Å². The van der Waals surface area contributed by atoms with Gasteiger partial charge >= 0.3 is 44.1 Å². The predicted molar refractivity (Wildman–Crippen MR) is 89.6 cm³/mol. The average molecular weight is 464 g/mol. The van der Waals surface area contributed by atoms with Crippen LogP contribution in [0.15, 0.2) is 3.34 Å². The fourth-order valence-corrected chi connectivity index (χ4v) is 2.19. The molecule has 21 heavy (non-hydrogen) atoms. The summed E-state index contributed by atoms with van der Waals surface area (Å²) in [5.41, 5.74) is 0. The molecule has 2 aliphatic carbocycles. The molecule has 1 N–H and O–H groups in total. The minimum atomic E-state index is 0.559. The summed E-state index contributed by atoms with van der Waals surface area (Å²) in [7, 11) is 1.00. The van der Waals surface area contributed by atoms with Crippen molar-refractivity contribution < 1.29 is 26.0 Å². The quantitative estimate of drug-likeness (QED) is 0.508. The van der Waals surface area contributed by atoms with Crippen LogP contribution >= 0.6 is 0 Å². The normalized spacial score (nSPS) is 19.1. The molecular formula is C18H37NOTa-2. The topological polar surface area (TPSA) is 32.6 Å². The Balaban J connectivity index is 0. The Morgan fingerprint density at radius 2 is 1.10 bits per heavy atom. The number of nitrogens with zero attached hydrogens (tertiary/aromatic N) is 1. The Labute approximate surface area is 146 Å². The number of hydrogen-bond acceptors (Lipinski definition) is 2. The van der Waals surface area contributed by atoms with Gasteiger partial charge in [0.15, 0.2) is 0 Å². The van der Waals surface area contributed by atoms with Gasteiger partial charge in [0.25, 0.3) is 0 Å². The third-order valence-electron chi connectivity index (χ3n) is 3.69. The van der Waals surface area contributed by atoms with Crippen LogP contribution in [0.3, 0.4) is 0 Å². The number of hydrogen-bond donors (Lipinski definition) is 1. The molecule has 0 aromatic carbocycles. The summed E-state index contributed by atoms with van der Waals surface area (Å²) in [6.45, 7) is 8.85. The molecule has 2 fully saturated rings. The van der Waals surface area contributed by atoms with Crippen molar-refractivity contribution in [2.75, 3.05) is 7.11 Å². The summed E-state index contributed by atoms with van der Waals surface area (Å²) in [5, 5.41) is 7.00. The average Bonchev–Trinajstić information content (AvgIpc) is 2.52. The molecule has 0 heterocycles. The van der Waals surface area contributed by atoms with Crippen LogP contribution in [-0.4, -0.2) is 18.3 Å². The minimum absolute atomic E-state index is 0.559. The molecule has 2 rings (SSSR count). The zero-order valence-corrected chi connectivity index (χ0v) is 18.1. The zero-order valence-electron chi connectivity index (χ0n) is 14.9. The Morgan fingerprint density at radius 1 is 0.857 bits per heavy atom. The maximum atomic E-state index is 7.00. The van der Waals surface area contributed by atoms with Crippen molar-refractivity contribution in [3.8, 4) is 0 Å². The SMILES string of the molecule is CC(C)[N]=[Ta].CC1CC[CH-]CC1.CC1CC[CH-]CC1.CO. The van der Waals surface area contributed by atoms with E-state index in [1.54, 1.807) is 0 Å². The largest absolute Gasteiger partial charge is 0.400 e. The van der Waals surface area contributed by atoms with E-state index in [-0.39, 0.29) is 0 Å². The van der Waals surface area contributed by atoms with Crippen LogP contribution < -0.4 is 0 Å². The van der Waals surface area contributed by atoms with Crippen molar-refractivity contribution in [1.82, 2.24) is 0 Å². The maximum Gasteiger partial charge on any atom is 0.0319 e. The molecule has 0 atom stereocenters. The summed E-state index contributed by atoms with van der Waals surface area (Å²) >= 11 is 1.16. The summed E-state index contributed by atoms with van der Waals surface area (Å²) in [6.07, 6.45) is 16.0. The van der Waals surface area contributed by atoms with E-state index in [9.17, 15) is 0 Å². The zero-order chi connectivity index (χ0) is 16.5. The van der Waals surface area contributed by atoms with E-state index in [1.807, 2.05) is 0 Å². The van der Waals surface area contributed by atoms with Crippen molar-refractivity contribution >= 4 is 0 Å². The van der Waals surface area contributed by atoms with Crippen molar-refractivity contribution in [2.45, 2.75) is 85.1 Å². The molecule has 0 aliphatic heterocycles. The first-order chi connectivity index (χ1) is 10.1. The maximum absolute atomic E-state index is 7.00. The molecule has 0 unspecified atom stereocenters. The van der Waals surface area contributed by atoms with Crippen LogP contribution in [0.4, 0.5) is 0 Å². The molecule has 0 bridgehead atoms. The van der Waals surface area contributed by atoms with Gasteiger partial charge in [0.1, 0.15) is 0 Å². The van der Waals surface area contributed by atoms with Crippen LogP contribution in [0.25, 0.3) is 0 Å². The molecule has 0 radical (unpaired) electrons. The molecule has 0 saturated heterocycles. The van der Waals surface area contributed by atoms with Gasteiger partial charge in [-0.15, -0.1) is 0 Å². The number of aliphatic hydroxyl groups is 1. The molecule has 2 saturated carbocycles. The third-order valence-corrected chi connectivity index (χ3v) is 5.34. The number of aliphatic hydroxyl groups excluding tert-OH is 1. The Bertz CT molecular complexity index is 181. The molecule has 0 aromatic rings. The van der Waals surface area contributed by atoms with Gasteiger partial charge in [-0.25, -0.2) is 0 Å². The first-order valence-corrected chi connectivity index (χ1v) is 9.92. The van der Waals surface area contributed by atoms with E-state index in [2.05, 4.69) is 43.9 Å². The monoisotopic (exact) mass is 464 g/mol. The standard InChI is InChI=1S/2C7H13.C3H7N.CH4O.Ta/c2*1-7-5-3-2-4-6-7;1-3(2)4;1-2;/h2*2,7H,3-6H2,1H3;3H,1-2H3;2H,1H3;/q2*-1;;;. The van der Waals surface area contributed by atoms with Crippen LogP contribution in [0.1, 0.15) is 79.1 Å². The molecule has 127 valence electrons.